The quantitative estimate of drug-likeness (QED) is 0.849. The molecule has 3 unspecified atom stereocenters. The number of esters is 1. The maximum absolute atomic E-state index is 13.6. The number of amides is 1. The summed E-state index contributed by atoms with van der Waals surface area (Å²) >= 11 is 5.75. The average molecular weight is 342 g/mol. The van der Waals surface area contributed by atoms with Gasteiger partial charge in [0.05, 0.1) is 5.56 Å². The van der Waals surface area contributed by atoms with Gasteiger partial charge in [0.2, 0.25) is 0 Å². The first kappa shape index (κ1) is 17.7. The number of carbonyl (C=O) groups is 2. The molecule has 3 atom stereocenters. The topological polar surface area (TPSA) is 55.4 Å². The first-order valence-corrected chi connectivity index (χ1v) is 8.22. The summed E-state index contributed by atoms with van der Waals surface area (Å²) in [4.78, 5) is 24.2. The first-order valence-electron chi connectivity index (χ1n) is 7.85. The molecule has 23 heavy (non-hydrogen) atoms. The normalized spacial score (nSPS) is 22.3. The van der Waals surface area contributed by atoms with Gasteiger partial charge in [0.1, 0.15) is 5.82 Å². The Hall–Kier alpha value is -1.62. The highest BCUT2D eigenvalue weighted by Gasteiger charge is 2.27. The average Bonchev–Trinajstić information content (AvgIpc) is 2.51. The van der Waals surface area contributed by atoms with Crippen LogP contribution < -0.4 is 5.32 Å². The van der Waals surface area contributed by atoms with Crippen LogP contribution in [0.25, 0.3) is 0 Å². The van der Waals surface area contributed by atoms with Crippen molar-refractivity contribution in [1.82, 2.24) is 5.32 Å². The molecule has 1 aliphatic rings. The molecule has 1 aliphatic carbocycles. The van der Waals surface area contributed by atoms with Crippen molar-refractivity contribution in [2.45, 2.75) is 51.7 Å². The van der Waals surface area contributed by atoms with Crippen LogP contribution >= 0.6 is 11.6 Å². The first-order chi connectivity index (χ1) is 10.9. The zero-order valence-electron chi connectivity index (χ0n) is 13.3. The van der Waals surface area contributed by atoms with Gasteiger partial charge in [-0.1, -0.05) is 31.4 Å². The minimum atomic E-state index is -0.991. The second-order valence-electron chi connectivity index (χ2n) is 6.05. The van der Waals surface area contributed by atoms with Crippen molar-refractivity contribution in [3.05, 3.63) is 34.6 Å². The van der Waals surface area contributed by atoms with Crippen molar-refractivity contribution >= 4 is 23.5 Å². The number of benzene rings is 1. The van der Waals surface area contributed by atoms with Gasteiger partial charge in [0, 0.05) is 11.1 Å². The van der Waals surface area contributed by atoms with Crippen LogP contribution in [0.5, 0.6) is 0 Å². The van der Waals surface area contributed by atoms with Crippen molar-refractivity contribution in [2.75, 3.05) is 0 Å². The van der Waals surface area contributed by atoms with E-state index in [1.54, 1.807) is 0 Å². The molecule has 4 nitrogen and oxygen atoms in total. The summed E-state index contributed by atoms with van der Waals surface area (Å²) in [6, 6.07) is 3.72. The lowest BCUT2D eigenvalue weighted by Gasteiger charge is -2.30. The van der Waals surface area contributed by atoms with Crippen LogP contribution in [-0.4, -0.2) is 24.0 Å². The van der Waals surface area contributed by atoms with Crippen molar-refractivity contribution in [3.8, 4) is 0 Å². The Morgan fingerprint density at radius 1 is 1.35 bits per heavy atom. The summed E-state index contributed by atoms with van der Waals surface area (Å²) < 4.78 is 18.7. The van der Waals surface area contributed by atoms with Gasteiger partial charge in [-0.15, -0.1) is 0 Å². The SMILES string of the molecule is CC(OC(=O)c1cc(Cl)ccc1F)C(=O)NC1CCCCC1C. The van der Waals surface area contributed by atoms with Crippen LogP contribution in [0.4, 0.5) is 4.39 Å². The van der Waals surface area contributed by atoms with E-state index < -0.39 is 17.9 Å². The zero-order valence-corrected chi connectivity index (χ0v) is 14.0. The predicted octanol–water partition coefficient (Wildman–Crippen LogP) is 3.72. The van der Waals surface area contributed by atoms with Crippen LogP contribution in [-0.2, 0) is 9.53 Å². The number of rotatable bonds is 4. The molecule has 1 aromatic rings. The van der Waals surface area contributed by atoms with Gasteiger partial charge in [0.25, 0.3) is 5.91 Å². The lowest BCUT2D eigenvalue weighted by atomic mass is 9.86. The van der Waals surface area contributed by atoms with Gasteiger partial charge >= 0.3 is 5.97 Å². The lowest BCUT2D eigenvalue weighted by molar-refractivity contribution is -0.130. The molecule has 6 heteroatoms. The number of nitrogens with one attached hydrogen (secondary N) is 1. The Morgan fingerprint density at radius 3 is 2.74 bits per heavy atom. The number of carbonyl (C=O) groups excluding carboxylic acids is 2. The van der Waals surface area contributed by atoms with Gasteiger partial charge in [-0.25, -0.2) is 9.18 Å². The van der Waals surface area contributed by atoms with E-state index in [1.165, 1.54) is 25.5 Å². The molecule has 1 fully saturated rings. The van der Waals surface area contributed by atoms with E-state index in [2.05, 4.69) is 12.2 Å². The number of hydrogen-bond acceptors (Lipinski definition) is 3. The summed E-state index contributed by atoms with van der Waals surface area (Å²) in [5.41, 5.74) is -0.275. The van der Waals surface area contributed by atoms with Crippen molar-refractivity contribution < 1.29 is 18.7 Å². The minimum absolute atomic E-state index is 0.0975. The number of hydrogen-bond donors (Lipinski definition) is 1. The van der Waals surface area contributed by atoms with E-state index in [9.17, 15) is 14.0 Å². The van der Waals surface area contributed by atoms with Crippen LogP contribution in [0.1, 0.15) is 49.9 Å². The van der Waals surface area contributed by atoms with Crippen LogP contribution in [0.15, 0.2) is 18.2 Å². The molecule has 0 spiro atoms. The van der Waals surface area contributed by atoms with Gasteiger partial charge in [0.15, 0.2) is 6.10 Å². The summed E-state index contributed by atoms with van der Waals surface area (Å²) in [7, 11) is 0. The van der Waals surface area contributed by atoms with Gasteiger partial charge < -0.3 is 10.1 Å². The molecule has 0 aromatic heterocycles. The van der Waals surface area contributed by atoms with E-state index in [4.69, 9.17) is 16.3 Å². The standard InChI is InChI=1S/C17H21ClFNO3/c1-10-5-3-4-6-15(10)20-16(21)11(2)23-17(22)13-9-12(18)7-8-14(13)19/h7-11,15H,3-6H2,1-2H3,(H,20,21). The Morgan fingerprint density at radius 2 is 2.04 bits per heavy atom. The van der Waals surface area contributed by atoms with E-state index in [0.29, 0.717) is 5.92 Å². The molecular formula is C17H21ClFNO3. The summed E-state index contributed by atoms with van der Waals surface area (Å²) in [6.45, 7) is 3.57. The van der Waals surface area contributed by atoms with Crippen molar-refractivity contribution in [1.29, 1.82) is 0 Å². The third kappa shape index (κ3) is 4.67. The molecule has 1 N–H and O–H groups in total. The predicted molar refractivity (Wildman–Crippen MR) is 85.9 cm³/mol. The largest absolute Gasteiger partial charge is 0.449 e. The van der Waals surface area contributed by atoms with Crippen molar-refractivity contribution in [3.63, 3.8) is 0 Å². The molecule has 0 aliphatic heterocycles. The second-order valence-corrected chi connectivity index (χ2v) is 6.48. The van der Waals surface area contributed by atoms with Gasteiger partial charge in [-0.05, 0) is 43.9 Å². The fraction of sp³-hybridized carbons (Fsp3) is 0.529. The Bertz CT molecular complexity index is 593. The highest BCUT2D eigenvalue weighted by molar-refractivity contribution is 6.30. The number of halogens is 2. The smallest absolute Gasteiger partial charge is 0.341 e. The molecule has 1 saturated carbocycles. The maximum Gasteiger partial charge on any atom is 0.341 e. The fourth-order valence-corrected chi connectivity index (χ4v) is 2.93. The third-order valence-electron chi connectivity index (χ3n) is 4.24. The fourth-order valence-electron chi connectivity index (χ4n) is 2.76. The van der Waals surface area contributed by atoms with E-state index >= 15 is 0 Å². The Balaban J connectivity index is 1.94. The van der Waals surface area contributed by atoms with E-state index in [-0.39, 0.29) is 22.5 Å². The van der Waals surface area contributed by atoms with Gasteiger partial charge in [-0.2, -0.15) is 0 Å². The highest BCUT2D eigenvalue weighted by Crippen LogP contribution is 2.24. The van der Waals surface area contributed by atoms with Gasteiger partial charge in [-0.3, -0.25) is 4.79 Å². The monoisotopic (exact) mass is 341 g/mol. The second kappa shape index (κ2) is 7.77. The van der Waals surface area contributed by atoms with Crippen LogP contribution in [0.2, 0.25) is 5.02 Å². The molecule has 1 aromatic carbocycles. The highest BCUT2D eigenvalue weighted by atomic mass is 35.5. The number of ether oxygens (including phenoxy) is 1. The summed E-state index contributed by atoms with van der Waals surface area (Å²) in [5.74, 6) is -1.59. The molecule has 0 saturated heterocycles. The molecular weight excluding hydrogens is 321 g/mol. The lowest BCUT2D eigenvalue weighted by Crippen LogP contribution is -2.46. The third-order valence-corrected chi connectivity index (χ3v) is 4.48. The molecule has 1 amide bonds. The summed E-state index contributed by atoms with van der Waals surface area (Å²) in [5, 5.41) is 3.14. The molecule has 2 rings (SSSR count). The van der Waals surface area contributed by atoms with E-state index in [0.717, 1.165) is 25.3 Å². The molecule has 0 bridgehead atoms. The molecule has 126 valence electrons. The maximum atomic E-state index is 13.6. The van der Waals surface area contributed by atoms with E-state index in [1.807, 2.05) is 0 Å². The molecule has 0 heterocycles. The summed E-state index contributed by atoms with van der Waals surface area (Å²) in [6.07, 6.45) is 3.27. The van der Waals surface area contributed by atoms with Crippen LogP contribution in [0.3, 0.4) is 0 Å². The van der Waals surface area contributed by atoms with Crippen LogP contribution in [0, 0.1) is 11.7 Å². The zero-order chi connectivity index (χ0) is 17.0. The Kier molecular flexibility index (Phi) is 5.99. The molecule has 0 radical (unpaired) electrons. The van der Waals surface area contributed by atoms with Crippen molar-refractivity contribution in [2.24, 2.45) is 5.92 Å². The minimum Gasteiger partial charge on any atom is -0.449 e. The Labute approximate surface area is 140 Å².